The molecule has 4 heteroatoms. The lowest BCUT2D eigenvalue weighted by molar-refractivity contribution is 0.413. The normalized spacial score (nSPS) is 14.2. The van der Waals surface area contributed by atoms with Crippen molar-refractivity contribution in [2.24, 2.45) is 5.92 Å². The number of ether oxygens (including phenoxy) is 1. The zero-order chi connectivity index (χ0) is 15.0. The summed E-state index contributed by atoms with van der Waals surface area (Å²) in [6.07, 6.45) is 1.02. The molecule has 0 bridgehead atoms. The lowest BCUT2D eigenvalue weighted by Crippen LogP contribution is -2.27. The van der Waals surface area contributed by atoms with E-state index in [1.54, 1.807) is 7.11 Å². The summed E-state index contributed by atoms with van der Waals surface area (Å²) in [4.78, 5) is 0. The summed E-state index contributed by atoms with van der Waals surface area (Å²) >= 11 is 0. The number of methoxy groups -OCH3 is 1. The van der Waals surface area contributed by atoms with Crippen molar-refractivity contribution in [3.63, 3.8) is 0 Å². The fourth-order valence-electron chi connectivity index (χ4n) is 2.01. The number of hydrogen-bond acceptors (Lipinski definition) is 3. The topological polar surface area (TPSA) is 38.3 Å². The second-order valence-corrected chi connectivity index (χ2v) is 7.00. The Labute approximate surface area is 125 Å². The summed E-state index contributed by atoms with van der Waals surface area (Å²) in [5.41, 5.74) is 1.14. The van der Waals surface area contributed by atoms with Crippen LogP contribution in [0.2, 0.25) is 0 Å². The van der Waals surface area contributed by atoms with Crippen LogP contribution in [-0.2, 0) is 10.8 Å². The highest BCUT2D eigenvalue weighted by atomic mass is 32.2. The molecule has 20 heavy (non-hydrogen) atoms. The number of hydrogen-bond donors (Lipinski definition) is 1. The summed E-state index contributed by atoms with van der Waals surface area (Å²) < 4.78 is 17.5. The molecule has 0 saturated heterocycles. The molecule has 1 aromatic carbocycles. The fraction of sp³-hybridized carbons (Fsp3) is 0.625. The van der Waals surface area contributed by atoms with Crippen molar-refractivity contribution < 1.29 is 8.95 Å². The maximum Gasteiger partial charge on any atom is 0.119 e. The molecule has 0 radical (unpaired) electrons. The molecule has 0 spiro atoms. The Morgan fingerprint density at radius 2 is 2.10 bits per heavy atom. The average molecular weight is 297 g/mol. The third kappa shape index (κ3) is 6.06. The van der Waals surface area contributed by atoms with E-state index in [4.69, 9.17) is 4.74 Å². The highest BCUT2D eigenvalue weighted by Crippen LogP contribution is 2.20. The Bertz CT molecular complexity index is 421. The minimum Gasteiger partial charge on any atom is -0.497 e. The lowest BCUT2D eigenvalue weighted by Gasteiger charge is -2.19. The van der Waals surface area contributed by atoms with Gasteiger partial charge in [-0.25, -0.2) is 0 Å². The molecule has 0 heterocycles. The van der Waals surface area contributed by atoms with Crippen LogP contribution in [0.25, 0.3) is 0 Å². The summed E-state index contributed by atoms with van der Waals surface area (Å²) in [6.45, 7) is 7.27. The van der Waals surface area contributed by atoms with Gasteiger partial charge in [0.05, 0.1) is 7.11 Å². The van der Waals surface area contributed by atoms with Gasteiger partial charge >= 0.3 is 0 Å². The maximum absolute atomic E-state index is 12.2. The Balaban J connectivity index is 2.70. The van der Waals surface area contributed by atoms with E-state index in [0.717, 1.165) is 30.0 Å². The van der Waals surface area contributed by atoms with Gasteiger partial charge in [-0.2, -0.15) is 0 Å². The summed E-state index contributed by atoms with van der Waals surface area (Å²) in [7, 11) is 0.884. The van der Waals surface area contributed by atoms with E-state index >= 15 is 0 Å². The van der Waals surface area contributed by atoms with Gasteiger partial charge in [0.1, 0.15) is 5.75 Å². The molecular formula is C16H27NO2S. The molecule has 0 saturated carbocycles. The van der Waals surface area contributed by atoms with Crippen LogP contribution < -0.4 is 10.1 Å². The van der Waals surface area contributed by atoms with Crippen molar-refractivity contribution in [1.82, 2.24) is 5.32 Å². The van der Waals surface area contributed by atoms with Gasteiger partial charge in [-0.05, 0) is 36.6 Å². The van der Waals surface area contributed by atoms with Crippen molar-refractivity contribution in [1.29, 1.82) is 0 Å². The van der Waals surface area contributed by atoms with E-state index in [2.05, 4.69) is 32.2 Å². The van der Waals surface area contributed by atoms with Crippen molar-refractivity contribution >= 4 is 10.8 Å². The van der Waals surface area contributed by atoms with E-state index in [-0.39, 0.29) is 6.04 Å². The molecule has 0 fully saturated rings. The molecule has 2 atom stereocenters. The first-order chi connectivity index (χ1) is 9.56. The average Bonchev–Trinajstić information content (AvgIpc) is 2.44. The van der Waals surface area contributed by atoms with Crippen molar-refractivity contribution in [3.8, 4) is 5.75 Å². The Morgan fingerprint density at radius 3 is 2.70 bits per heavy atom. The van der Waals surface area contributed by atoms with Gasteiger partial charge in [0, 0.05) is 28.3 Å². The molecule has 1 N–H and O–H groups in total. The van der Waals surface area contributed by atoms with Crippen molar-refractivity contribution in [3.05, 3.63) is 29.8 Å². The van der Waals surface area contributed by atoms with Gasteiger partial charge in [-0.3, -0.25) is 4.21 Å². The highest BCUT2D eigenvalue weighted by molar-refractivity contribution is 7.85. The van der Waals surface area contributed by atoms with Crippen molar-refractivity contribution in [2.75, 3.05) is 25.2 Å². The van der Waals surface area contributed by atoms with E-state index < -0.39 is 10.8 Å². The lowest BCUT2D eigenvalue weighted by atomic mass is 10.1. The van der Waals surface area contributed by atoms with Crippen LogP contribution in [0.1, 0.15) is 38.8 Å². The number of nitrogens with one attached hydrogen (secondary N) is 1. The van der Waals surface area contributed by atoms with Crippen LogP contribution in [0.5, 0.6) is 5.75 Å². The highest BCUT2D eigenvalue weighted by Gasteiger charge is 2.15. The van der Waals surface area contributed by atoms with Gasteiger partial charge in [-0.15, -0.1) is 0 Å². The van der Waals surface area contributed by atoms with Gasteiger partial charge < -0.3 is 10.1 Å². The smallest absolute Gasteiger partial charge is 0.119 e. The van der Waals surface area contributed by atoms with E-state index in [9.17, 15) is 4.21 Å². The van der Waals surface area contributed by atoms with Crippen molar-refractivity contribution in [2.45, 2.75) is 33.2 Å². The molecule has 1 aromatic rings. The van der Waals surface area contributed by atoms with Crippen LogP contribution in [0.3, 0.4) is 0 Å². The van der Waals surface area contributed by atoms with E-state index in [1.807, 2.05) is 18.2 Å². The second kappa shape index (κ2) is 9.14. The van der Waals surface area contributed by atoms with E-state index in [1.165, 1.54) is 0 Å². The first-order valence-corrected chi connectivity index (χ1v) is 8.77. The van der Waals surface area contributed by atoms with Crippen LogP contribution in [0, 0.1) is 5.92 Å². The number of benzene rings is 1. The molecule has 0 amide bonds. The first-order valence-electron chi connectivity index (χ1n) is 7.29. The third-order valence-corrected chi connectivity index (χ3v) is 4.62. The van der Waals surface area contributed by atoms with Crippen LogP contribution >= 0.6 is 0 Å². The fourth-order valence-corrected chi connectivity index (χ4v) is 3.60. The molecule has 0 aliphatic carbocycles. The Kier molecular flexibility index (Phi) is 7.85. The molecule has 114 valence electrons. The largest absolute Gasteiger partial charge is 0.497 e. The summed E-state index contributed by atoms with van der Waals surface area (Å²) in [5, 5.41) is 3.42. The van der Waals surface area contributed by atoms with Crippen LogP contribution in [0.15, 0.2) is 24.3 Å². The van der Waals surface area contributed by atoms with Crippen LogP contribution in [-0.4, -0.2) is 29.4 Å². The Hall–Kier alpha value is -0.870. The standard InChI is InChI=1S/C16H27NO2S/c1-5-17-16(12-20(18)10-9-13(2)3)14-7-6-8-15(11-14)19-4/h6-8,11,13,16-17H,5,9-10,12H2,1-4H3. The van der Waals surface area contributed by atoms with Gasteiger partial charge in [0.15, 0.2) is 0 Å². The van der Waals surface area contributed by atoms with Gasteiger partial charge in [0.25, 0.3) is 0 Å². The minimum atomic E-state index is -0.785. The number of rotatable bonds is 9. The summed E-state index contributed by atoms with van der Waals surface area (Å²) in [5.74, 6) is 2.89. The van der Waals surface area contributed by atoms with E-state index in [0.29, 0.717) is 11.7 Å². The minimum absolute atomic E-state index is 0.128. The molecule has 1 rings (SSSR count). The van der Waals surface area contributed by atoms with Crippen LogP contribution in [0.4, 0.5) is 0 Å². The Morgan fingerprint density at radius 1 is 1.35 bits per heavy atom. The molecule has 0 aromatic heterocycles. The molecule has 3 nitrogen and oxygen atoms in total. The summed E-state index contributed by atoms with van der Waals surface area (Å²) in [6, 6.07) is 8.13. The van der Waals surface area contributed by atoms with Gasteiger partial charge in [-0.1, -0.05) is 32.9 Å². The first kappa shape index (κ1) is 17.2. The zero-order valence-corrected chi connectivity index (χ0v) is 13.8. The van der Waals surface area contributed by atoms with Gasteiger partial charge in [0.2, 0.25) is 0 Å². The third-order valence-electron chi connectivity index (χ3n) is 3.22. The molecule has 0 aliphatic heterocycles. The quantitative estimate of drug-likeness (QED) is 0.761. The maximum atomic E-state index is 12.2. The predicted octanol–water partition coefficient (Wildman–Crippen LogP) is 3.14. The predicted molar refractivity (Wildman–Crippen MR) is 86.7 cm³/mol. The zero-order valence-electron chi connectivity index (χ0n) is 13.0. The molecular weight excluding hydrogens is 270 g/mol. The monoisotopic (exact) mass is 297 g/mol. The second-order valence-electron chi connectivity index (χ2n) is 5.38. The molecule has 2 unspecified atom stereocenters. The molecule has 0 aliphatic rings. The SMILES string of the molecule is CCNC(CS(=O)CCC(C)C)c1cccc(OC)c1.